The number of carbonyl (C=O) groups is 5. The van der Waals surface area contributed by atoms with E-state index in [-0.39, 0.29) is 24.7 Å². The molecule has 248 valence electrons. The molecule has 15 heteroatoms. The minimum Gasteiger partial charge on any atom is -0.480 e. The maximum absolute atomic E-state index is 13.3. The van der Waals surface area contributed by atoms with Crippen molar-refractivity contribution in [1.29, 1.82) is 0 Å². The van der Waals surface area contributed by atoms with Gasteiger partial charge in [0.15, 0.2) is 5.96 Å². The smallest absolute Gasteiger partial charge is 0.446 e. The highest BCUT2D eigenvalue weighted by Crippen LogP contribution is 2.38. The normalized spacial score (nSPS) is 14.0. The first-order valence-electron chi connectivity index (χ1n) is 14.0. The zero-order valence-corrected chi connectivity index (χ0v) is 24.7. The lowest BCUT2D eigenvalue weighted by Gasteiger charge is -2.29. The van der Waals surface area contributed by atoms with Gasteiger partial charge in [-0.1, -0.05) is 36.4 Å². The van der Waals surface area contributed by atoms with E-state index in [1.54, 1.807) is 72.8 Å². The summed E-state index contributed by atoms with van der Waals surface area (Å²) in [5.41, 5.74) is 14.0. The molecule has 1 amide bonds. The molecular formula is C32H31F3N4O8. The van der Waals surface area contributed by atoms with Gasteiger partial charge in [-0.05, 0) is 71.8 Å². The second-order valence-corrected chi connectivity index (χ2v) is 10.4. The second-order valence-electron chi connectivity index (χ2n) is 10.4. The number of halogens is 3. The van der Waals surface area contributed by atoms with E-state index in [2.05, 4.69) is 4.99 Å². The number of carboxylic acids is 2. The summed E-state index contributed by atoms with van der Waals surface area (Å²) in [5, 5.41) is 19.3. The molecule has 1 aliphatic carbocycles. The van der Waals surface area contributed by atoms with Crippen LogP contribution < -0.4 is 16.2 Å². The van der Waals surface area contributed by atoms with Crippen LogP contribution in [0.1, 0.15) is 45.8 Å². The van der Waals surface area contributed by atoms with Crippen LogP contribution in [-0.2, 0) is 32.0 Å². The van der Waals surface area contributed by atoms with Gasteiger partial charge in [0.2, 0.25) is 12.2 Å². The van der Waals surface area contributed by atoms with Crippen LogP contribution in [-0.4, -0.2) is 69.9 Å². The van der Waals surface area contributed by atoms with Crippen molar-refractivity contribution in [1.82, 2.24) is 4.90 Å². The van der Waals surface area contributed by atoms with E-state index in [4.69, 9.17) is 21.0 Å². The van der Waals surface area contributed by atoms with Gasteiger partial charge >= 0.3 is 24.1 Å². The van der Waals surface area contributed by atoms with Crippen LogP contribution in [0.5, 0.6) is 5.75 Å². The largest absolute Gasteiger partial charge is 0.480 e. The van der Waals surface area contributed by atoms with Crippen LogP contribution in [0.25, 0.3) is 0 Å². The first kappa shape index (κ1) is 35.7. The number of rotatable bonds is 11. The lowest BCUT2D eigenvalue weighted by molar-refractivity contribution is -0.156. The number of carbonyl (C=O) groups excluding carboxylic acids is 3. The molecule has 0 spiro atoms. The maximum atomic E-state index is 13.3. The second kappa shape index (κ2) is 16.0. The van der Waals surface area contributed by atoms with Crippen LogP contribution in [0.4, 0.5) is 18.9 Å². The summed E-state index contributed by atoms with van der Waals surface area (Å²) in [7, 11) is 0. The lowest BCUT2D eigenvalue weighted by Crippen LogP contribution is -2.49. The van der Waals surface area contributed by atoms with Crippen molar-refractivity contribution < 1.29 is 52.1 Å². The molecule has 0 radical (unpaired) electrons. The number of aliphatic imine (C=N–C) groups is 1. The van der Waals surface area contributed by atoms with Gasteiger partial charge < -0.3 is 31.3 Å². The van der Waals surface area contributed by atoms with Crippen LogP contribution in [0, 0.1) is 0 Å². The standard InChI is InChI=1S/C30H30N4O7.C2HF3O/c31-30(32)33-22-10-8-19(9-11-22)29(40)41-23-12-13-24-20(15-23)6-7-21(24)16-26(35)34(17-27(36)37)25(28(38)39)14-18-4-2-1-3-5-18;3-2(4,5)1-6/h1-5,8-13,15,21,25H,6-7,14,16-17H2,(H,36,37)(H,38,39)(H4,31,32,33);1H/t21?,25-;/m0./s1. The number of benzene rings is 3. The number of nitrogens with zero attached hydrogens (tertiary/aromatic N) is 2. The molecular weight excluding hydrogens is 625 g/mol. The molecule has 0 aromatic heterocycles. The lowest BCUT2D eigenvalue weighted by atomic mass is 9.96. The quantitative estimate of drug-likeness (QED) is 0.0777. The topological polar surface area (TPSA) is 203 Å². The number of aryl methyl sites for hydroxylation is 1. The molecule has 1 unspecified atom stereocenters. The summed E-state index contributed by atoms with van der Waals surface area (Å²) < 4.78 is 36.8. The Balaban J connectivity index is 0.000000913. The van der Waals surface area contributed by atoms with Gasteiger partial charge in [0, 0.05) is 12.8 Å². The van der Waals surface area contributed by atoms with Crippen molar-refractivity contribution in [3.8, 4) is 5.75 Å². The predicted octanol–water partition coefficient (Wildman–Crippen LogP) is 3.59. The highest BCUT2D eigenvalue weighted by Gasteiger charge is 2.34. The van der Waals surface area contributed by atoms with E-state index in [9.17, 15) is 42.6 Å². The van der Waals surface area contributed by atoms with E-state index in [0.717, 1.165) is 16.0 Å². The van der Waals surface area contributed by atoms with Gasteiger partial charge in [-0.2, -0.15) is 13.2 Å². The van der Waals surface area contributed by atoms with E-state index in [0.29, 0.717) is 35.4 Å². The fraction of sp³-hybridized carbons (Fsp3) is 0.250. The summed E-state index contributed by atoms with van der Waals surface area (Å²) in [4.78, 5) is 63.2. The summed E-state index contributed by atoms with van der Waals surface area (Å²) in [6, 6.07) is 18.9. The Kier molecular flexibility index (Phi) is 12.2. The molecule has 4 rings (SSSR count). The number of alkyl halides is 3. The molecule has 0 heterocycles. The molecule has 6 N–H and O–H groups in total. The van der Waals surface area contributed by atoms with Crippen molar-refractivity contribution in [2.45, 2.75) is 43.8 Å². The third-order valence-corrected chi connectivity index (χ3v) is 7.00. The van der Waals surface area contributed by atoms with Gasteiger partial charge in [-0.3, -0.25) is 14.4 Å². The predicted molar refractivity (Wildman–Crippen MR) is 162 cm³/mol. The number of fused-ring (bicyclic) bond motifs is 1. The fourth-order valence-electron chi connectivity index (χ4n) is 4.96. The number of guanidine groups is 1. The summed E-state index contributed by atoms with van der Waals surface area (Å²) >= 11 is 0. The van der Waals surface area contributed by atoms with E-state index in [1.165, 1.54) is 0 Å². The highest BCUT2D eigenvalue weighted by atomic mass is 19.4. The van der Waals surface area contributed by atoms with Gasteiger partial charge in [-0.25, -0.2) is 14.6 Å². The Hall–Kier alpha value is -5.73. The van der Waals surface area contributed by atoms with Crippen molar-refractivity contribution in [2.75, 3.05) is 6.54 Å². The van der Waals surface area contributed by atoms with Gasteiger partial charge in [-0.15, -0.1) is 0 Å². The van der Waals surface area contributed by atoms with Crippen LogP contribution in [0.15, 0.2) is 77.8 Å². The Bertz CT molecular complexity index is 1630. The summed E-state index contributed by atoms with van der Waals surface area (Å²) in [6.45, 7) is -0.718. The molecule has 1 aliphatic rings. The average molecular weight is 657 g/mol. The number of hydrogen-bond donors (Lipinski definition) is 4. The summed E-state index contributed by atoms with van der Waals surface area (Å²) in [6.07, 6.45) is -4.52. The highest BCUT2D eigenvalue weighted by molar-refractivity contribution is 5.91. The summed E-state index contributed by atoms with van der Waals surface area (Å²) in [5.74, 6) is -3.65. The minimum absolute atomic E-state index is 0.0117. The Morgan fingerprint density at radius 1 is 1.00 bits per heavy atom. The van der Waals surface area contributed by atoms with Gasteiger partial charge in [0.25, 0.3) is 0 Å². The van der Waals surface area contributed by atoms with Crippen molar-refractivity contribution >= 4 is 41.7 Å². The molecule has 0 saturated carbocycles. The van der Waals surface area contributed by atoms with Crippen molar-refractivity contribution in [3.05, 3.63) is 95.1 Å². The molecule has 47 heavy (non-hydrogen) atoms. The molecule has 0 saturated heterocycles. The number of hydrogen-bond acceptors (Lipinski definition) is 7. The number of ether oxygens (including phenoxy) is 1. The maximum Gasteiger partial charge on any atom is 0.446 e. The number of amides is 1. The third kappa shape index (κ3) is 11.0. The minimum atomic E-state index is -4.64. The Morgan fingerprint density at radius 2 is 1.64 bits per heavy atom. The monoisotopic (exact) mass is 656 g/mol. The number of aldehydes is 1. The average Bonchev–Trinajstić information content (AvgIpc) is 3.40. The number of aliphatic carboxylic acids is 2. The molecule has 3 aromatic carbocycles. The first-order chi connectivity index (χ1) is 22.2. The van der Waals surface area contributed by atoms with Crippen molar-refractivity contribution in [3.63, 3.8) is 0 Å². The SMILES string of the molecule is NC(N)=Nc1ccc(C(=O)Oc2ccc3c(c2)CCC3CC(=O)N(CC(=O)O)[C@@H](Cc2ccccc2)C(=O)O)cc1.O=CC(F)(F)F. The van der Waals surface area contributed by atoms with Gasteiger partial charge in [0.05, 0.1) is 11.3 Å². The zero-order chi connectivity index (χ0) is 34.7. The third-order valence-electron chi connectivity index (χ3n) is 7.00. The van der Waals surface area contributed by atoms with Crippen LogP contribution in [0.3, 0.4) is 0 Å². The molecule has 0 fully saturated rings. The Labute approximate surface area is 266 Å². The molecule has 2 atom stereocenters. The molecule has 12 nitrogen and oxygen atoms in total. The molecule has 3 aromatic rings. The number of nitrogens with two attached hydrogens (primary N) is 2. The van der Waals surface area contributed by atoms with Crippen molar-refractivity contribution in [2.24, 2.45) is 16.5 Å². The first-order valence-corrected chi connectivity index (χ1v) is 14.0. The van der Waals surface area contributed by atoms with Crippen LogP contribution >= 0.6 is 0 Å². The zero-order valence-electron chi connectivity index (χ0n) is 24.7. The molecule has 0 bridgehead atoms. The van der Waals surface area contributed by atoms with E-state index in [1.807, 2.05) is 0 Å². The van der Waals surface area contributed by atoms with Crippen LogP contribution in [0.2, 0.25) is 0 Å². The van der Waals surface area contributed by atoms with E-state index >= 15 is 0 Å². The fourth-order valence-corrected chi connectivity index (χ4v) is 4.96. The van der Waals surface area contributed by atoms with Gasteiger partial charge in [0.1, 0.15) is 18.3 Å². The number of carboxylic acid groups (broad SMARTS) is 2. The Morgan fingerprint density at radius 3 is 2.19 bits per heavy atom. The number of esters is 1. The molecule has 0 aliphatic heterocycles. The van der Waals surface area contributed by atoms with E-state index < -0.39 is 48.9 Å².